The van der Waals surface area contributed by atoms with E-state index in [1.54, 1.807) is 0 Å². The molecule has 0 aromatic rings. The van der Waals surface area contributed by atoms with Crippen LogP contribution >= 0.6 is 7.82 Å². The zero-order valence-electron chi connectivity index (χ0n) is 42.1. The van der Waals surface area contributed by atoms with Crippen molar-refractivity contribution in [2.45, 2.75) is 236 Å². The van der Waals surface area contributed by atoms with Crippen molar-refractivity contribution < 1.29 is 58.3 Å². The van der Waals surface area contributed by atoms with E-state index in [0.29, 0.717) is 13.0 Å². The average molecular weight is 979 g/mol. The van der Waals surface area contributed by atoms with E-state index in [4.69, 9.17) is 18.5 Å². The fourth-order valence-corrected chi connectivity index (χ4v) is 8.56. The summed E-state index contributed by atoms with van der Waals surface area (Å²) in [7, 11) is -5.03. The van der Waals surface area contributed by atoms with Crippen molar-refractivity contribution >= 4 is 13.8 Å². The molecule has 12 nitrogen and oxygen atoms in total. The van der Waals surface area contributed by atoms with Crippen molar-refractivity contribution in [3.8, 4) is 0 Å². The van der Waals surface area contributed by atoms with Crippen LogP contribution in [0.2, 0.25) is 0 Å². The van der Waals surface area contributed by atoms with Gasteiger partial charge in [-0.15, -0.1) is 0 Å². The van der Waals surface area contributed by atoms with Crippen LogP contribution in [-0.2, 0) is 27.9 Å². The van der Waals surface area contributed by atoms with Crippen LogP contribution in [-0.4, -0.2) is 98.9 Å². The highest BCUT2D eigenvalue weighted by Crippen LogP contribution is 2.47. The molecule has 0 spiro atoms. The van der Waals surface area contributed by atoms with Crippen LogP contribution in [0.4, 0.5) is 0 Å². The number of hydrogen-bond acceptors (Lipinski definition) is 11. The summed E-state index contributed by atoms with van der Waals surface area (Å²) in [6, 6.07) is 0. The van der Waals surface area contributed by atoms with E-state index in [1.165, 1.54) is 64.2 Å². The van der Waals surface area contributed by atoms with Gasteiger partial charge in [-0.25, -0.2) is 4.57 Å². The number of hydrogen-bond donors (Lipinski definition) is 6. The molecule has 1 rings (SSSR count). The second-order valence-corrected chi connectivity index (χ2v) is 19.4. The monoisotopic (exact) mass is 979 g/mol. The lowest BCUT2D eigenvalue weighted by molar-refractivity contribution is -0.220. The molecule has 13 heteroatoms. The van der Waals surface area contributed by atoms with E-state index in [1.807, 2.05) is 0 Å². The van der Waals surface area contributed by atoms with Gasteiger partial charge in [0, 0.05) is 13.0 Å². The van der Waals surface area contributed by atoms with Gasteiger partial charge in [-0.3, -0.25) is 13.8 Å². The van der Waals surface area contributed by atoms with Crippen LogP contribution < -0.4 is 0 Å². The van der Waals surface area contributed by atoms with Crippen LogP contribution in [0.15, 0.2) is 85.1 Å². The summed E-state index contributed by atoms with van der Waals surface area (Å²) in [4.78, 5) is 23.3. The van der Waals surface area contributed by atoms with Gasteiger partial charge >= 0.3 is 13.8 Å². The standard InChI is InChI=1S/C55H95O12P/c1-3-5-7-9-11-13-15-17-19-21-22-23-24-25-26-27-29-31-33-35-37-39-41-43-45-64-46-48(47-65-68(62,63)67-55-53(60)51(58)50(57)52(59)54(55)61)66-49(56)44-42-40-38-36-34-32-30-28-20-18-16-14-12-10-8-6-4-2/h5,7,11-14,17-20,22-23,25-26,48,50-55,57-61H,3-4,6,8-10,15-16,21,24,27-47H2,1-2H3,(H,62,63)/b7-5-,13-11-,14-12-,19-17-,20-18-,23-22-,26-25-. The summed E-state index contributed by atoms with van der Waals surface area (Å²) >= 11 is 0. The van der Waals surface area contributed by atoms with Gasteiger partial charge in [0.05, 0.1) is 13.2 Å². The lowest BCUT2D eigenvalue weighted by Gasteiger charge is -2.41. The molecule has 1 aliphatic rings. The Labute approximate surface area is 412 Å². The Morgan fingerprint density at radius 3 is 1.32 bits per heavy atom. The first-order valence-electron chi connectivity index (χ1n) is 26.4. The summed E-state index contributed by atoms with van der Waals surface area (Å²) in [6.07, 6.45) is 47.8. The molecule has 6 atom stereocenters. The van der Waals surface area contributed by atoms with E-state index in [0.717, 1.165) is 103 Å². The van der Waals surface area contributed by atoms with Gasteiger partial charge in [-0.05, 0) is 89.9 Å². The summed E-state index contributed by atoms with van der Waals surface area (Å²) in [6.45, 7) is 4.10. The minimum atomic E-state index is -5.03. The second kappa shape index (κ2) is 44.5. The van der Waals surface area contributed by atoms with Gasteiger partial charge in [0.2, 0.25) is 0 Å². The Morgan fingerprint density at radius 2 is 0.868 bits per heavy atom. The molecule has 0 bridgehead atoms. The molecule has 1 aliphatic carbocycles. The highest BCUT2D eigenvalue weighted by molar-refractivity contribution is 7.47. The third kappa shape index (κ3) is 35.6. The number of esters is 1. The molecule has 6 unspecified atom stereocenters. The van der Waals surface area contributed by atoms with Crippen molar-refractivity contribution in [3.63, 3.8) is 0 Å². The van der Waals surface area contributed by atoms with Gasteiger partial charge in [0.15, 0.2) is 0 Å². The van der Waals surface area contributed by atoms with Crippen molar-refractivity contribution in [3.05, 3.63) is 85.1 Å². The molecule has 0 amide bonds. The Balaban J connectivity index is 2.34. The highest BCUT2D eigenvalue weighted by atomic mass is 31.2. The number of unbranched alkanes of at least 4 members (excludes halogenated alkanes) is 18. The molecule has 0 aromatic heterocycles. The smallest absolute Gasteiger partial charge is 0.457 e. The van der Waals surface area contributed by atoms with Crippen LogP contribution in [0.3, 0.4) is 0 Å². The largest absolute Gasteiger partial charge is 0.472 e. The van der Waals surface area contributed by atoms with Gasteiger partial charge < -0.3 is 39.9 Å². The lowest BCUT2D eigenvalue weighted by atomic mass is 9.85. The van der Waals surface area contributed by atoms with Gasteiger partial charge in [0.1, 0.15) is 42.7 Å². The molecule has 0 saturated heterocycles. The molecule has 0 heterocycles. The maximum Gasteiger partial charge on any atom is 0.472 e. The van der Waals surface area contributed by atoms with Crippen molar-refractivity contribution in [1.29, 1.82) is 0 Å². The number of carbonyl (C=O) groups is 1. The molecule has 0 radical (unpaired) electrons. The summed E-state index contributed by atoms with van der Waals surface area (Å²) in [5.41, 5.74) is 0. The first-order valence-corrected chi connectivity index (χ1v) is 27.9. The van der Waals surface area contributed by atoms with Gasteiger partial charge in [-0.1, -0.05) is 182 Å². The molecule has 392 valence electrons. The molecular weight excluding hydrogens is 884 g/mol. The van der Waals surface area contributed by atoms with E-state index >= 15 is 0 Å². The average Bonchev–Trinajstić information content (AvgIpc) is 3.32. The van der Waals surface area contributed by atoms with Crippen molar-refractivity contribution in [1.82, 2.24) is 0 Å². The van der Waals surface area contributed by atoms with Crippen LogP contribution in [0.1, 0.15) is 194 Å². The van der Waals surface area contributed by atoms with Crippen LogP contribution in [0, 0.1) is 0 Å². The third-order valence-electron chi connectivity index (χ3n) is 11.8. The summed E-state index contributed by atoms with van der Waals surface area (Å²) < 4.78 is 34.3. The number of phosphoric acid groups is 1. The minimum Gasteiger partial charge on any atom is -0.457 e. The van der Waals surface area contributed by atoms with Crippen molar-refractivity contribution in [2.24, 2.45) is 0 Å². The fourth-order valence-electron chi connectivity index (χ4n) is 7.59. The van der Waals surface area contributed by atoms with E-state index in [9.17, 15) is 39.8 Å². The molecule has 1 fully saturated rings. The molecule has 1 saturated carbocycles. The SMILES string of the molecule is CC/C=C\C/C=C\C/C=C\C/C=C\C/C=C\CCCCCCCCCCOCC(COP(=O)(O)OC1C(O)C(O)C(O)C(O)C1O)OC(=O)CCCCCCCCC/C=C\C/C=C\CCCCC. The number of aliphatic hydroxyl groups excluding tert-OH is 5. The Bertz CT molecular complexity index is 1440. The number of carbonyl (C=O) groups excluding carboxylic acids is 1. The first kappa shape index (κ1) is 63.5. The fraction of sp³-hybridized carbons (Fsp3) is 0.727. The minimum absolute atomic E-state index is 0.0904. The predicted octanol–water partition coefficient (Wildman–Crippen LogP) is 12.1. The Kier molecular flexibility index (Phi) is 41.5. The molecule has 0 aliphatic heterocycles. The number of allylic oxidation sites excluding steroid dienone is 14. The zero-order valence-corrected chi connectivity index (χ0v) is 43.0. The molecule has 68 heavy (non-hydrogen) atoms. The Hall–Kier alpha value is -2.48. The second-order valence-electron chi connectivity index (χ2n) is 18.0. The topological polar surface area (TPSA) is 192 Å². The van der Waals surface area contributed by atoms with Gasteiger partial charge in [0.25, 0.3) is 0 Å². The quantitative estimate of drug-likeness (QED) is 0.0147. The maximum atomic E-state index is 12.9. The van der Waals surface area contributed by atoms with E-state index < -0.39 is 63.1 Å². The number of aliphatic hydroxyl groups is 5. The number of ether oxygens (including phenoxy) is 2. The van der Waals surface area contributed by atoms with Crippen LogP contribution in [0.5, 0.6) is 0 Å². The molecule has 6 N–H and O–H groups in total. The maximum absolute atomic E-state index is 12.9. The number of phosphoric ester groups is 1. The van der Waals surface area contributed by atoms with Gasteiger partial charge in [-0.2, -0.15) is 0 Å². The third-order valence-corrected chi connectivity index (χ3v) is 12.7. The lowest BCUT2D eigenvalue weighted by Crippen LogP contribution is -2.64. The predicted molar refractivity (Wildman–Crippen MR) is 276 cm³/mol. The normalized spacial score (nSPS) is 21.8. The Morgan fingerprint density at radius 1 is 0.485 bits per heavy atom. The van der Waals surface area contributed by atoms with E-state index in [2.05, 4.69) is 98.9 Å². The van der Waals surface area contributed by atoms with Crippen molar-refractivity contribution in [2.75, 3.05) is 19.8 Å². The van der Waals surface area contributed by atoms with E-state index in [-0.39, 0.29) is 13.0 Å². The van der Waals surface area contributed by atoms with Crippen LogP contribution in [0.25, 0.3) is 0 Å². The number of rotatable bonds is 44. The molecule has 0 aromatic carbocycles. The highest BCUT2D eigenvalue weighted by Gasteiger charge is 2.51. The zero-order chi connectivity index (χ0) is 49.8. The molecular formula is C55H95O12P. The summed E-state index contributed by atoms with van der Waals surface area (Å²) in [5.74, 6) is -0.491. The first-order chi connectivity index (χ1) is 33.0. The summed E-state index contributed by atoms with van der Waals surface area (Å²) in [5, 5.41) is 50.3.